The minimum Gasteiger partial charge on any atom is -0.462 e. The highest BCUT2D eigenvalue weighted by molar-refractivity contribution is 5.71. The van der Waals surface area contributed by atoms with Crippen LogP contribution in [0, 0.1) is 0 Å². The topological polar surface area (TPSA) is 78.9 Å². The van der Waals surface area contributed by atoms with Gasteiger partial charge in [0.15, 0.2) is 6.10 Å². The molecule has 0 aromatic heterocycles. The lowest BCUT2D eigenvalue weighted by atomic mass is 10.0. The second-order valence-corrected chi connectivity index (χ2v) is 24.1. The number of ether oxygens (including phenoxy) is 3. The van der Waals surface area contributed by atoms with Crippen LogP contribution < -0.4 is 0 Å². The predicted molar refractivity (Wildman–Crippen MR) is 353 cm³/mol. The van der Waals surface area contributed by atoms with Gasteiger partial charge in [-0.15, -0.1) is 0 Å². The Morgan fingerprint density at radius 2 is 0.469 bits per heavy atom. The average Bonchev–Trinajstić information content (AvgIpc) is 3.46. The fourth-order valence-electron chi connectivity index (χ4n) is 10.6. The highest BCUT2D eigenvalue weighted by Gasteiger charge is 2.19. The number of carbonyl (C=O) groups is 3. The van der Waals surface area contributed by atoms with Crippen molar-refractivity contribution in [2.24, 2.45) is 0 Å². The van der Waals surface area contributed by atoms with Gasteiger partial charge in [-0.05, 0) is 103 Å². The largest absolute Gasteiger partial charge is 0.462 e. The molecule has 0 amide bonds. The van der Waals surface area contributed by atoms with Crippen molar-refractivity contribution in [1.29, 1.82) is 0 Å². The summed E-state index contributed by atoms with van der Waals surface area (Å²) >= 11 is 0. The quantitative estimate of drug-likeness (QED) is 0.0261. The van der Waals surface area contributed by atoms with Crippen LogP contribution in [0.2, 0.25) is 0 Å². The molecule has 0 fully saturated rings. The van der Waals surface area contributed by atoms with Crippen LogP contribution in [0.1, 0.15) is 380 Å². The number of carbonyl (C=O) groups excluding carboxylic acids is 3. The van der Waals surface area contributed by atoms with Crippen LogP contribution in [0.4, 0.5) is 0 Å². The molecule has 81 heavy (non-hydrogen) atoms. The minimum absolute atomic E-state index is 0.0762. The Balaban J connectivity index is 4.25. The summed E-state index contributed by atoms with van der Waals surface area (Å²) in [6.07, 6.45) is 89.7. The molecule has 0 heterocycles. The first kappa shape index (κ1) is 78.1. The molecule has 0 saturated heterocycles. The van der Waals surface area contributed by atoms with Crippen LogP contribution >= 0.6 is 0 Å². The smallest absolute Gasteiger partial charge is 0.306 e. The average molecular weight is 1130 g/mol. The first-order valence-corrected chi connectivity index (χ1v) is 35.8. The number of unbranched alkanes of at least 4 members (excludes halogenated alkanes) is 45. The molecular weight excluding hydrogens is 997 g/mol. The highest BCUT2D eigenvalue weighted by atomic mass is 16.6. The van der Waals surface area contributed by atoms with Crippen molar-refractivity contribution >= 4 is 17.9 Å². The molecule has 6 nitrogen and oxygen atoms in total. The third kappa shape index (κ3) is 67.8. The highest BCUT2D eigenvalue weighted by Crippen LogP contribution is 2.18. The number of rotatable bonds is 66. The van der Waals surface area contributed by atoms with Gasteiger partial charge in [-0.3, -0.25) is 14.4 Å². The molecule has 6 heteroatoms. The van der Waals surface area contributed by atoms with E-state index in [1.54, 1.807) is 0 Å². The zero-order valence-corrected chi connectivity index (χ0v) is 54.3. The molecule has 0 aliphatic rings. The van der Waals surface area contributed by atoms with Crippen LogP contribution in [-0.2, 0) is 28.6 Å². The lowest BCUT2D eigenvalue weighted by Gasteiger charge is -2.18. The second kappa shape index (κ2) is 69.6. The standard InChI is InChI=1S/C75H136O6/c1-4-7-10-13-16-19-22-25-27-29-31-33-35-37-39-41-43-45-47-50-53-56-59-62-65-68-74(77)80-71-72(70-79-73(76)67-64-61-58-55-52-49-24-21-18-15-12-9-6-3)81-75(78)69-66-63-60-57-54-51-48-46-44-42-40-38-36-34-32-30-28-26-23-20-17-14-11-8-5-2/h12,15,21-22,24-25,29-32,72H,4-11,13-14,16-20,23,26-28,33-71H2,1-3H3/b15-12-,24-21-,25-22-,31-29-,32-30-. The molecule has 0 rings (SSSR count). The summed E-state index contributed by atoms with van der Waals surface area (Å²) in [6.45, 7) is 6.61. The number of hydrogen-bond donors (Lipinski definition) is 0. The molecule has 0 N–H and O–H groups in total. The monoisotopic (exact) mass is 1130 g/mol. The molecule has 0 saturated carbocycles. The zero-order chi connectivity index (χ0) is 58.5. The lowest BCUT2D eigenvalue weighted by molar-refractivity contribution is -0.167. The Morgan fingerprint density at radius 1 is 0.247 bits per heavy atom. The summed E-state index contributed by atoms with van der Waals surface area (Å²) in [5.41, 5.74) is 0. The van der Waals surface area contributed by atoms with E-state index in [2.05, 4.69) is 81.5 Å². The molecule has 472 valence electrons. The molecule has 0 aromatic carbocycles. The molecular formula is C75H136O6. The van der Waals surface area contributed by atoms with Crippen LogP contribution in [-0.4, -0.2) is 37.2 Å². The van der Waals surface area contributed by atoms with E-state index in [4.69, 9.17) is 14.2 Å². The van der Waals surface area contributed by atoms with Gasteiger partial charge in [-0.25, -0.2) is 0 Å². The normalized spacial score (nSPS) is 12.4. The fraction of sp³-hybridized carbons (Fsp3) is 0.827. The van der Waals surface area contributed by atoms with Crippen LogP contribution in [0.25, 0.3) is 0 Å². The fourth-order valence-corrected chi connectivity index (χ4v) is 10.6. The maximum atomic E-state index is 13.0. The molecule has 0 radical (unpaired) electrons. The van der Waals surface area contributed by atoms with E-state index in [9.17, 15) is 14.4 Å². The van der Waals surface area contributed by atoms with Crippen LogP contribution in [0.15, 0.2) is 60.8 Å². The molecule has 1 atom stereocenters. The third-order valence-electron chi connectivity index (χ3n) is 15.9. The Kier molecular flexibility index (Phi) is 67.1. The maximum absolute atomic E-state index is 13.0. The first-order chi connectivity index (χ1) is 40.0. The van der Waals surface area contributed by atoms with E-state index >= 15 is 0 Å². The zero-order valence-electron chi connectivity index (χ0n) is 54.3. The van der Waals surface area contributed by atoms with Gasteiger partial charge in [0, 0.05) is 19.3 Å². The number of hydrogen-bond acceptors (Lipinski definition) is 6. The van der Waals surface area contributed by atoms with E-state index in [1.165, 1.54) is 250 Å². The minimum atomic E-state index is -0.781. The van der Waals surface area contributed by atoms with Crippen molar-refractivity contribution in [3.63, 3.8) is 0 Å². The van der Waals surface area contributed by atoms with Crippen molar-refractivity contribution in [2.75, 3.05) is 13.2 Å². The van der Waals surface area contributed by atoms with E-state index in [0.29, 0.717) is 19.3 Å². The second-order valence-electron chi connectivity index (χ2n) is 24.1. The summed E-state index contributed by atoms with van der Waals surface area (Å²) in [6, 6.07) is 0. The molecule has 0 aliphatic heterocycles. The van der Waals surface area contributed by atoms with Crippen molar-refractivity contribution in [3.8, 4) is 0 Å². The van der Waals surface area contributed by atoms with Gasteiger partial charge in [0.25, 0.3) is 0 Å². The summed E-state index contributed by atoms with van der Waals surface area (Å²) in [7, 11) is 0. The Bertz CT molecular complexity index is 1440. The maximum Gasteiger partial charge on any atom is 0.306 e. The van der Waals surface area contributed by atoms with Gasteiger partial charge in [-0.2, -0.15) is 0 Å². The SMILES string of the molecule is CCC/C=C\C/C=C\CCCCCCCC(=O)OCC(COC(=O)CCCCCCCCCCCCCCC/C=C\C/C=C\CCCCCCC)OC(=O)CCCCCCCCCCCCCCC/C=C\CCCCCCCCCC. The van der Waals surface area contributed by atoms with E-state index < -0.39 is 6.10 Å². The summed E-state index contributed by atoms with van der Waals surface area (Å²) in [4.78, 5) is 38.4. The summed E-state index contributed by atoms with van der Waals surface area (Å²) in [5.74, 6) is -0.869. The van der Waals surface area contributed by atoms with Gasteiger partial charge in [0.1, 0.15) is 13.2 Å². The van der Waals surface area contributed by atoms with Gasteiger partial charge >= 0.3 is 17.9 Å². The first-order valence-electron chi connectivity index (χ1n) is 35.8. The van der Waals surface area contributed by atoms with Crippen molar-refractivity contribution < 1.29 is 28.6 Å². The number of allylic oxidation sites excluding steroid dienone is 10. The lowest BCUT2D eigenvalue weighted by Crippen LogP contribution is -2.30. The van der Waals surface area contributed by atoms with Crippen molar-refractivity contribution in [1.82, 2.24) is 0 Å². The Hall–Kier alpha value is -2.89. The van der Waals surface area contributed by atoms with E-state index in [-0.39, 0.29) is 31.1 Å². The van der Waals surface area contributed by atoms with Gasteiger partial charge in [0.2, 0.25) is 0 Å². The summed E-state index contributed by atoms with van der Waals surface area (Å²) < 4.78 is 17.0. The molecule has 0 aliphatic carbocycles. The van der Waals surface area contributed by atoms with Crippen LogP contribution in [0.5, 0.6) is 0 Å². The molecule has 1 unspecified atom stereocenters. The van der Waals surface area contributed by atoms with Crippen LogP contribution in [0.3, 0.4) is 0 Å². The van der Waals surface area contributed by atoms with Gasteiger partial charge in [0.05, 0.1) is 0 Å². The van der Waals surface area contributed by atoms with Gasteiger partial charge in [-0.1, -0.05) is 319 Å². The molecule has 0 bridgehead atoms. The number of esters is 3. The Morgan fingerprint density at radius 3 is 0.741 bits per heavy atom. The predicted octanol–water partition coefficient (Wildman–Crippen LogP) is 24.7. The summed E-state index contributed by atoms with van der Waals surface area (Å²) in [5, 5.41) is 0. The molecule has 0 spiro atoms. The van der Waals surface area contributed by atoms with E-state index in [0.717, 1.165) is 89.9 Å². The van der Waals surface area contributed by atoms with E-state index in [1.807, 2.05) is 0 Å². The van der Waals surface area contributed by atoms with Gasteiger partial charge < -0.3 is 14.2 Å². The Labute approximate surface area is 504 Å². The van der Waals surface area contributed by atoms with Crippen molar-refractivity contribution in [2.45, 2.75) is 386 Å². The third-order valence-corrected chi connectivity index (χ3v) is 15.9. The molecule has 0 aromatic rings. The van der Waals surface area contributed by atoms with Crippen molar-refractivity contribution in [3.05, 3.63) is 60.8 Å².